The Morgan fingerprint density at radius 2 is 1.85 bits per heavy atom. The second-order valence-corrected chi connectivity index (χ2v) is 6.27. The SMILES string of the molecule is O=S(=O)(Nc1cccc(O)c1)c1ccc(Cl)c(F)c1Cl. The van der Waals surface area contributed by atoms with E-state index >= 15 is 0 Å². The highest BCUT2D eigenvalue weighted by Gasteiger charge is 2.22. The molecule has 0 aliphatic heterocycles. The number of halogens is 3. The first-order chi connectivity index (χ1) is 9.31. The number of rotatable bonds is 3. The highest BCUT2D eigenvalue weighted by molar-refractivity contribution is 7.92. The van der Waals surface area contributed by atoms with Crippen molar-refractivity contribution >= 4 is 38.9 Å². The fourth-order valence-corrected chi connectivity index (χ4v) is 3.29. The van der Waals surface area contributed by atoms with Crippen molar-refractivity contribution in [1.82, 2.24) is 0 Å². The summed E-state index contributed by atoms with van der Waals surface area (Å²) in [5, 5.41) is 8.41. The van der Waals surface area contributed by atoms with Gasteiger partial charge in [-0.15, -0.1) is 0 Å². The normalized spacial score (nSPS) is 11.3. The fraction of sp³-hybridized carbons (Fsp3) is 0. The average Bonchev–Trinajstić information content (AvgIpc) is 2.35. The molecule has 0 radical (unpaired) electrons. The molecular weight excluding hydrogens is 328 g/mol. The first-order valence-electron chi connectivity index (χ1n) is 5.26. The van der Waals surface area contributed by atoms with Crippen LogP contribution in [0.1, 0.15) is 0 Å². The van der Waals surface area contributed by atoms with Crippen molar-refractivity contribution in [3.63, 3.8) is 0 Å². The summed E-state index contributed by atoms with van der Waals surface area (Å²) in [6.07, 6.45) is 0. The molecule has 0 spiro atoms. The Bertz CT molecular complexity index is 765. The molecule has 2 rings (SSSR count). The van der Waals surface area contributed by atoms with Crippen molar-refractivity contribution in [2.75, 3.05) is 4.72 Å². The van der Waals surface area contributed by atoms with Crippen molar-refractivity contribution in [3.05, 3.63) is 52.3 Å². The minimum absolute atomic E-state index is 0.112. The molecule has 0 saturated heterocycles. The van der Waals surface area contributed by atoms with Crippen molar-refractivity contribution in [2.45, 2.75) is 4.90 Å². The van der Waals surface area contributed by atoms with Gasteiger partial charge in [0, 0.05) is 6.07 Å². The van der Waals surface area contributed by atoms with Crippen LogP contribution in [-0.2, 0) is 10.0 Å². The highest BCUT2D eigenvalue weighted by atomic mass is 35.5. The summed E-state index contributed by atoms with van der Waals surface area (Å²) in [4.78, 5) is -0.440. The summed E-state index contributed by atoms with van der Waals surface area (Å²) in [6, 6.07) is 7.66. The first kappa shape index (κ1) is 14.9. The Morgan fingerprint density at radius 1 is 1.15 bits per heavy atom. The number of anilines is 1. The fourth-order valence-electron chi connectivity index (χ4n) is 1.50. The maximum absolute atomic E-state index is 13.5. The lowest BCUT2D eigenvalue weighted by Gasteiger charge is -2.10. The summed E-state index contributed by atoms with van der Waals surface area (Å²) < 4.78 is 39.9. The van der Waals surface area contributed by atoms with Gasteiger partial charge in [0.15, 0.2) is 5.82 Å². The molecule has 20 heavy (non-hydrogen) atoms. The molecule has 2 aromatic rings. The van der Waals surface area contributed by atoms with Crippen LogP contribution in [0.25, 0.3) is 0 Å². The molecule has 0 unspecified atom stereocenters. The van der Waals surface area contributed by atoms with Gasteiger partial charge in [0.05, 0.1) is 15.7 Å². The van der Waals surface area contributed by atoms with Crippen LogP contribution in [0.15, 0.2) is 41.3 Å². The van der Waals surface area contributed by atoms with E-state index in [-0.39, 0.29) is 16.5 Å². The topological polar surface area (TPSA) is 66.4 Å². The zero-order chi connectivity index (χ0) is 14.9. The maximum atomic E-state index is 13.5. The van der Waals surface area contributed by atoms with Gasteiger partial charge in [0.2, 0.25) is 0 Å². The van der Waals surface area contributed by atoms with Crippen molar-refractivity contribution < 1.29 is 17.9 Å². The monoisotopic (exact) mass is 335 g/mol. The largest absolute Gasteiger partial charge is 0.508 e. The third-order valence-electron chi connectivity index (χ3n) is 2.39. The number of sulfonamides is 1. The van der Waals surface area contributed by atoms with E-state index in [0.29, 0.717) is 0 Å². The summed E-state index contributed by atoms with van der Waals surface area (Å²) in [7, 11) is -4.09. The number of benzene rings is 2. The van der Waals surface area contributed by atoms with E-state index in [1.54, 1.807) is 0 Å². The van der Waals surface area contributed by atoms with Crippen LogP contribution in [0.5, 0.6) is 5.75 Å². The lowest BCUT2D eigenvalue weighted by atomic mass is 10.3. The molecular formula is C12H8Cl2FNO3S. The number of aromatic hydroxyl groups is 1. The molecule has 2 aromatic carbocycles. The third kappa shape index (κ3) is 2.98. The summed E-state index contributed by atoms with van der Waals surface area (Å²) in [6.45, 7) is 0. The smallest absolute Gasteiger partial charge is 0.263 e. The summed E-state index contributed by atoms with van der Waals surface area (Å²) >= 11 is 11.2. The molecule has 8 heteroatoms. The molecule has 0 fully saturated rings. The van der Waals surface area contributed by atoms with Crippen LogP contribution in [0, 0.1) is 5.82 Å². The molecule has 0 amide bonds. The molecule has 2 N–H and O–H groups in total. The van der Waals surface area contributed by atoms with E-state index in [2.05, 4.69) is 4.72 Å². The Kier molecular flexibility index (Phi) is 4.08. The standard InChI is InChI=1S/C12H8Cl2FNO3S/c13-9-4-5-10(11(14)12(9)15)20(18,19)16-7-2-1-3-8(17)6-7/h1-6,16-17H. The molecule has 106 valence electrons. The van der Waals surface area contributed by atoms with E-state index < -0.39 is 25.8 Å². The van der Waals surface area contributed by atoms with Crippen molar-refractivity contribution in [3.8, 4) is 5.75 Å². The molecule has 0 aromatic heterocycles. The van der Waals surface area contributed by atoms with Gasteiger partial charge in [-0.3, -0.25) is 4.72 Å². The van der Waals surface area contributed by atoms with Crippen LogP contribution in [0.3, 0.4) is 0 Å². The van der Waals surface area contributed by atoms with E-state index in [4.69, 9.17) is 23.2 Å². The predicted octanol–water partition coefficient (Wildman–Crippen LogP) is 3.64. The molecule has 0 atom stereocenters. The number of phenols is 1. The number of nitrogens with one attached hydrogen (secondary N) is 1. The molecule has 0 heterocycles. The van der Waals surface area contributed by atoms with Gasteiger partial charge in [0.25, 0.3) is 10.0 Å². The lowest BCUT2D eigenvalue weighted by molar-refractivity contribution is 0.475. The van der Waals surface area contributed by atoms with Gasteiger partial charge < -0.3 is 5.11 Å². The van der Waals surface area contributed by atoms with Gasteiger partial charge >= 0.3 is 0 Å². The van der Waals surface area contributed by atoms with E-state index in [0.717, 1.165) is 12.1 Å². The minimum atomic E-state index is -4.09. The number of phenolic OH excluding ortho intramolecular Hbond substituents is 1. The zero-order valence-electron chi connectivity index (χ0n) is 9.77. The molecule has 0 bridgehead atoms. The van der Waals surface area contributed by atoms with Crippen molar-refractivity contribution in [2.24, 2.45) is 0 Å². The van der Waals surface area contributed by atoms with Gasteiger partial charge in [-0.1, -0.05) is 29.3 Å². The predicted molar refractivity (Wildman–Crippen MR) is 75.3 cm³/mol. The van der Waals surface area contributed by atoms with Crippen LogP contribution in [0.4, 0.5) is 10.1 Å². The van der Waals surface area contributed by atoms with E-state index in [1.807, 2.05) is 0 Å². The van der Waals surface area contributed by atoms with Crippen LogP contribution < -0.4 is 4.72 Å². The molecule has 0 aliphatic carbocycles. The zero-order valence-corrected chi connectivity index (χ0v) is 12.1. The molecule has 0 aliphatic rings. The molecule has 0 saturated carbocycles. The Labute approximate surface area is 124 Å². The summed E-state index contributed by atoms with van der Waals surface area (Å²) in [5.74, 6) is -1.12. The van der Waals surface area contributed by atoms with Gasteiger partial charge in [-0.05, 0) is 24.3 Å². The van der Waals surface area contributed by atoms with Crippen molar-refractivity contribution in [1.29, 1.82) is 0 Å². The first-order valence-corrected chi connectivity index (χ1v) is 7.50. The van der Waals surface area contributed by atoms with E-state index in [1.165, 1.54) is 24.3 Å². The van der Waals surface area contributed by atoms with Crippen LogP contribution in [0.2, 0.25) is 10.0 Å². The Balaban J connectivity index is 2.44. The number of hydrogen-bond donors (Lipinski definition) is 2. The minimum Gasteiger partial charge on any atom is -0.508 e. The Hall–Kier alpha value is -1.50. The highest BCUT2D eigenvalue weighted by Crippen LogP contribution is 2.30. The number of hydrogen-bond acceptors (Lipinski definition) is 3. The third-order valence-corrected chi connectivity index (χ3v) is 4.58. The van der Waals surface area contributed by atoms with Gasteiger partial charge in [-0.25, -0.2) is 12.8 Å². The van der Waals surface area contributed by atoms with Gasteiger partial charge in [0.1, 0.15) is 10.6 Å². The quantitative estimate of drug-likeness (QED) is 0.841. The van der Waals surface area contributed by atoms with Gasteiger partial charge in [-0.2, -0.15) is 0 Å². The summed E-state index contributed by atoms with van der Waals surface area (Å²) in [5.41, 5.74) is 0.122. The Morgan fingerprint density at radius 3 is 2.50 bits per heavy atom. The second-order valence-electron chi connectivity index (χ2n) is 3.83. The average molecular weight is 336 g/mol. The second kappa shape index (κ2) is 5.47. The lowest BCUT2D eigenvalue weighted by Crippen LogP contribution is -2.14. The van der Waals surface area contributed by atoms with Crippen LogP contribution >= 0.6 is 23.2 Å². The van der Waals surface area contributed by atoms with E-state index in [9.17, 15) is 17.9 Å². The maximum Gasteiger partial charge on any atom is 0.263 e. The molecule has 4 nitrogen and oxygen atoms in total. The van der Waals surface area contributed by atoms with Crippen LogP contribution in [-0.4, -0.2) is 13.5 Å².